The molecule has 0 aromatic carbocycles. The number of nitrogens with two attached hydrogens (primary N) is 1. The minimum Gasteiger partial charge on any atom is -0.465 e. The van der Waals surface area contributed by atoms with Crippen LogP contribution in [0, 0.1) is 0 Å². The number of rotatable bonds is 6. The SMILES string of the molecule is CCOC(=O)C(N)CSCC1CNC(=O)O1. The number of thioether (sulfide) groups is 1. The van der Waals surface area contributed by atoms with Crippen molar-refractivity contribution in [2.45, 2.75) is 19.1 Å². The van der Waals surface area contributed by atoms with E-state index in [0.717, 1.165) is 0 Å². The first-order valence-corrected chi connectivity index (χ1v) is 6.23. The van der Waals surface area contributed by atoms with Crippen molar-refractivity contribution in [1.82, 2.24) is 5.32 Å². The van der Waals surface area contributed by atoms with E-state index < -0.39 is 12.0 Å². The van der Waals surface area contributed by atoms with Gasteiger partial charge in [-0.2, -0.15) is 11.8 Å². The monoisotopic (exact) mass is 248 g/mol. The van der Waals surface area contributed by atoms with Crippen molar-refractivity contribution < 1.29 is 19.1 Å². The van der Waals surface area contributed by atoms with Crippen LogP contribution in [-0.2, 0) is 14.3 Å². The Labute approximate surface area is 98.2 Å². The minimum absolute atomic E-state index is 0.133. The van der Waals surface area contributed by atoms with Crippen LogP contribution in [0.15, 0.2) is 0 Å². The molecule has 1 amide bonds. The number of amides is 1. The van der Waals surface area contributed by atoms with Gasteiger partial charge in [-0.05, 0) is 6.92 Å². The van der Waals surface area contributed by atoms with Gasteiger partial charge in [-0.25, -0.2) is 4.79 Å². The Balaban J connectivity index is 2.10. The van der Waals surface area contributed by atoms with E-state index in [1.165, 1.54) is 11.8 Å². The Kier molecular flexibility index (Phi) is 5.41. The predicted octanol–water partition coefficient (Wildman–Crippen LogP) is -0.282. The van der Waals surface area contributed by atoms with Crippen molar-refractivity contribution in [3.05, 3.63) is 0 Å². The molecule has 3 N–H and O–H groups in total. The molecular formula is C9H16N2O4S. The summed E-state index contributed by atoms with van der Waals surface area (Å²) in [4.78, 5) is 21.9. The Hall–Kier alpha value is -0.950. The molecule has 0 radical (unpaired) electrons. The van der Waals surface area contributed by atoms with Crippen LogP contribution in [0.2, 0.25) is 0 Å². The smallest absolute Gasteiger partial charge is 0.407 e. The number of carbonyl (C=O) groups is 2. The van der Waals surface area contributed by atoms with Gasteiger partial charge in [-0.3, -0.25) is 4.79 Å². The molecule has 1 aliphatic heterocycles. The number of cyclic esters (lactones) is 1. The van der Waals surface area contributed by atoms with Crippen molar-refractivity contribution >= 4 is 23.8 Å². The van der Waals surface area contributed by atoms with Crippen LogP contribution in [-0.4, -0.2) is 48.9 Å². The van der Waals surface area contributed by atoms with Gasteiger partial charge in [-0.15, -0.1) is 0 Å². The number of hydrogen-bond acceptors (Lipinski definition) is 6. The lowest BCUT2D eigenvalue weighted by atomic mass is 10.4. The molecule has 0 aromatic rings. The van der Waals surface area contributed by atoms with Gasteiger partial charge < -0.3 is 20.5 Å². The molecule has 7 heteroatoms. The van der Waals surface area contributed by atoms with Crippen molar-refractivity contribution in [1.29, 1.82) is 0 Å². The summed E-state index contributed by atoms with van der Waals surface area (Å²) in [6.45, 7) is 2.59. The van der Waals surface area contributed by atoms with Crippen molar-refractivity contribution in [3.8, 4) is 0 Å². The van der Waals surface area contributed by atoms with Gasteiger partial charge in [0.15, 0.2) is 0 Å². The van der Waals surface area contributed by atoms with Crippen LogP contribution in [0.25, 0.3) is 0 Å². The second-order valence-corrected chi connectivity index (χ2v) is 4.38. The van der Waals surface area contributed by atoms with Gasteiger partial charge >= 0.3 is 12.1 Å². The number of carbonyl (C=O) groups excluding carboxylic acids is 2. The molecule has 0 bridgehead atoms. The normalized spacial score (nSPS) is 21.1. The molecule has 0 saturated carbocycles. The van der Waals surface area contributed by atoms with Gasteiger partial charge in [0.1, 0.15) is 12.1 Å². The molecule has 0 spiro atoms. The molecule has 1 saturated heterocycles. The number of hydrogen-bond donors (Lipinski definition) is 2. The van der Waals surface area contributed by atoms with E-state index in [2.05, 4.69) is 5.32 Å². The number of esters is 1. The van der Waals surface area contributed by atoms with Crippen LogP contribution in [0.5, 0.6) is 0 Å². The van der Waals surface area contributed by atoms with E-state index in [4.69, 9.17) is 15.2 Å². The highest BCUT2D eigenvalue weighted by Gasteiger charge is 2.23. The van der Waals surface area contributed by atoms with Gasteiger partial charge in [0.2, 0.25) is 0 Å². The zero-order valence-electron chi connectivity index (χ0n) is 9.10. The summed E-state index contributed by atoms with van der Waals surface area (Å²) < 4.78 is 9.69. The first-order valence-electron chi connectivity index (χ1n) is 5.08. The minimum atomic E-state index is -0.616. The number of ether oxygens (including phenoxy) is 2. The van der Waals surface area contributed by atoms with E-state index in [-0.39, 0.29) is 12.2 Å². The summed E-state index contributed by atoms with van der Waals surface area (Å²) in [5.74, 6) is 0.704. The zero-order chi connectivity index (χ0) is 12.0. The molecule has 2 unspecified atom stereocenters. The fourth-order valence-electron chi connectivity index (χ4n) is 1.17. The first-order chi connectivity index (χ1) is 7.63. The third-order valence-electron chi connectivity index (χ3n) is 1.94. The average molecular weight is 248 g/mol. The summed E-state index contributed by atoms with van der Waals surface area (Å²) in [5, 5.41) is 2.55. The molecule has 16 heavy (non-hydrogen) atoms. The molecule has 1 heterocycles. The molecule has 0 aliphatic carbocycles. The van der Waals surface area contributed by atoms with Crippen molar-refractivity contribution in [3.63, 3.8) is 0 Å². The maximum atomic E-state index is 11.2. The largest absolute Gasteiger partial charge is 0.465 e. The van der Waals surface area contributed by atoms with E-state index in [1.54, 1.807) is 6.92 Å². The highest BCUT2D eigenvalue weighted by Crippen LogP contribution is 2.10. The molecule has 6 nitrogen and oxygen atoms in total. The predicted molar refractivity (Wildman–Crippen MR) is 60.2 cm³/mol. The Morgan fingerprint density at radius 1 is 1.81 bits per heavy atom. The molecule has 0 aromatic heterocycles. The van der Waals surface area contributed by atoms with Crippen LogP contribution in [0.4, 0.5) is 4.79 Å². The number of nitrogens with one attached hydrogen (secondary N) is 1. The third-order valence-corrected chi connectivity index (χ3v) is 3.14. The zero-order valence-corrected chi connectivity index (χ0v) is 9.92. The highest BCUT2D eigenvalue weighted by atomic mass is 32.2. The fourth-order valence-corrected chi connectivity index (χ4v) is 2.14. The summed E-state index contributed by atoms with van der Waals surface area (Å²) >= 11 is 1.47. The summed E-state index contributed by atoms with van der Waals surface area (Å²) in [6, 6.07) is -0.616. The number of alkyl carbamates (subject to hydrolysis) is 1. The van der Waals surface area contributed by atoms with Gasteiger partial charge in [0, 0.05) is 11.5 Å². The Bertz CT molecular complexity index is 262. The lowest BCUT2D eigenvalue weighted by Gasteiger charge is -2.11. The maximum Gasteiger partial charge on any atom is 0.407 e. The highest BCUT2D eigenvalue weighted by molar-refractivity contribution is 7.99. The topological polar surface area (TPSA) is 90.6 Å². The summed E-state index contributed by atoms with van der Waals surface area (Å²) in [7, 11) is 0. The summed E-state index contributed by atoms with van der Waals surface area (Å²) in [5.41, 5.74) is 5.60. The van der Waals surface area contributed by atoms with Gasteiger partial charge in [0.25, 0.3) is 0 Å². The van der Waals surface area contributed by atoms with E-state index in [9.17, 15) is 9.59 Å². The standard InChI is InChI=1S/C9H16N2O4S/c1-2-14-8(12)7(10)5-16-4-6-3-11-9(13)15-6/h6-7H,2-5,10H2,1H3,(H,11,13). The van der Waals surface area contributed by atoms with E-state index >= 15 is 0 Å². The van der Waals surface area contributed by atoms with Gasteiger partial charge in [-0.1, -0.05) is 0 Å². The van der Waals surface area contributed by atoms with Crippen LogP contribution >= 0.6 is 11.8 Å². The molecule has 1 aliphatic rings. The lowest BCUT2D eigenvalue weighted by Crippen LogP contribution is -2.35. The average Bonchev–Trinajstić information content (AvgIpc) is 2.64. The van der Waals surface area contributed by atoms with Crippen LogP contribution < -0.4 is 11.1 Å². The van der Waals surface area contributed by atoms with Crippen molar-refractivity contribution in [2.24, 2.45) is 5.73 Å². The summed E-state index contributed by atoms with van der Waals surface area (Å²) in [6.07, 6.45) is -0.521. The molecule has 2 atom stereocenters. The van der Waals surface area contributed by atoms with Crippen LogP contribution in [0.3, 0.4) is 0 Å². The quantitative estimate of drug-likeness (QED) is 0.628. The lowest BCUT2D eigenvalue weighted by molar-refractivity contribution is -0.144. The van der Waals surface area contributed by atoms with E-state index in [0.29, 0.717) is 24.7 Å². The molecule has 92 valence electrons. The van der Waals surface area contributed by atoms with Crippen LogP contribution in [0.1, 0.15) is 6.92 Å². The Morgan fingerprint density at radius 2 is 2.56 bits per heavy atom. The first kappa shape index (κ1) is 13.1. The molecule has 1 rings (SSSR count). The second-order valence-electron chi connectivity index (χ2n) is 3.30. The maximum absolute atomic E-state index is 11.2. The Morgan fingerprint density at radius 3 is 3.12 bits per heavy atom. The molecule has 1 fully saturated rings. The second kappa shape index (κ2) is 6.59. The molecular weight excluding hydrogens is 232 g/mol. The van der Waals surface area contributed by atoms with Gasteiger partial charge in [0.05, 0.1) is 13.2 Å². The van der Waals surface area contributed by atoms with E-state index in [1.807, 2.05) is 0 Å². The third kappa shape index (κ3) is 4.28. The fraction of sp³-hybridized carbons (Fsp3) is 0.778. The van der Waals surface area contributed by atoms with Crippen molar-refractivity contribution in [2.75, 3.05) is 24.7 Å².